The number of benzene rings is 1. The van der Waals surface area contributed by atoms with Crippen LogP contribution in [0.4, 0.5) is 0 Å². The van der Waals surface area contributed by atoms with Crippen molar-refractivity contribution in [2.45, 2.75) is 70.9 Å². The van der Waals surface area contributed by atoms with Crippen molar-refractivity contribution in [1.29, 1.82) is 0 Å². The van der Waals surface area contributed by atoms with Crippen molar-refractivity contribution < 1.29 is 9.84 Å². The second-order valence-electron chi connectivity index (χ2n) is 6.43. The highest BCUT2D eigenvalue weighted by Gasteiger charge is 2.23. The topological polar surface area (TPSA) is 55.5 Å². The highest BCUT2D eigenvalue weighted by atomic mass is 35.5. The van der Waals surface area contributed by atoms with Crippen LogP contribution in [0.1, 0.15) is 69.9 Å². The summed E-state index contributed by atoms with van der Waals surface area (Å²) in [5, 5.41) is 11.0. The number of nitrogens with two attached hydrogens (primary N) is 1. The molecule has 3 nitrogen and oxygen atoms in total. The molecule has 0 amide bonds. The van der Waals surface area contributed by atoms with Gasteiger partial charge in [0.05, 0.1) is 13.2 Å². The summed E-state index contributed by atoms with van der Waals surface area (Å²) in [5.74, 6) is 1.33. The summed E-state index contributed by atoms with van der Waals surface area (Å²) in [6.07, 6.45) is 1.90. The third-order valence-electron chi connectivity index (χ3n) is 4.18. The van der Waals surface area contributed by atoms with Crippen molar-refractivity contribution in [3.63, 3.8) is 0 Å². The lowest BCUT2D eigenvalue weighted by atomic mass is 9.88. The summed E-state index contributed by atoms with van der Waals surface area (Å²) in [7, 11) is 1.69. The number of ether oxygens (including phenoxy) is 1. The number of aliphatic hydroxyl groups excluding tert-OH is 1. The van der Waals surface area contributed by atoms with E-state index in [1.165, 1.54) is 0 Å². The standard InChI is InChI=1S/C18H30ClNO2/c1-6-7-16(20)17(21)8-12(4)15-10-13(19)9-14(11(2)3)18(15)22-5/h9-12,16-17,21H,6-8,20H2,1-5H3. The molecule has 22 heavy (non-hydrogen) atoms. The number of rotatable bonds is 8. The molecule has 0 aliphatic rings. The molecule has 0 saturated heterocycles. The molecule has 0 aliphatic carbocycles. The summed E-state index contributed by atoms with van der Waals surface area (Å²) in [6, 6.07) is 3.72. The van der Waals surface area contributed by atoms with E-state index in [9.17, 15) is 5.11 Å². The van der Waals surface area contributed by atoms with Gasteiger partial charge in [-0.3, -0.25) is 0 Å². The first-order valence-corrected chi connectivity index (χ1v) is 8.50. The molecule has 126 valence electrons. The summed E-state index contributed by atoms with van der Waals surface area (Å²) < 4.78 is 5.63. The summed E-state index contributed by atoms with van der Waals surface area (Å²) >= 11 is 6.27. The van der Waals surface area contributed by atoms with E-state index in [0.29, 0.717) is 17.4 Å². The molecule has 3 unspecified atom stereocenters. The summed E-state index contributed by atoms with van der Waals surface area (Å²) in [6.45, 7) is 8.40. The van der Waals surface area contributed by atoms with Gasteiger partial charge in [0.1, 0.15) is 5.75 Å². The average Bonchev–Trinajstić information content (AvgIpc) is 2.46. The lowest BCUT2D eigenvalue weighted by molar-refractivity contribution is 0.124. The van der Waals surface area contributed by atoms with E-state index in [4.69, 9.17) is 22.1 Å². The minimum atomic E-state index is -0.513. The van der Waals surface area contributed by atoms with E-state index in [1.807, 2.05) is 12.1 Å². The van der Waals surface area contributed by atoms with Crippen LogP contribution in [0.15, 0.2) is 12.1 Å². The molecule has 0 bridgehead atoms. The molecule has 1 aromatic rings. The van der Waals surface area contributed by atoms with E-state index in [2.05, 4.69) is 27.7 Å². The van der Waals surface area contributed by atoms with E-state index in [-0.39, 0.29) is 12.0 Å². The fourth-order valence-electron chi connectivity index (χ4n) is 2.86. The molecule has 3 atom stereocenters. The van der Waals surface area contributed by atoms with Gasteiger partial charge in [0, 0.05) is 11.1 Å². The zero-order valence-electron chi connectivity index (χ0n) is 14.4. The van der Waals surface area contributed by atoms with Gasteiger partial charge < -0.3 is 15.6 Å². The highest BCUT2D eigenvalue weighted by molar-refractivity contribution is 6.30. The Bertz CT molecular complexity index is 476. The predicted molar refractivity (Wildman–Crippen MR) is 94.0 cm³/mol. The second-order valence-corrected chi connectivity index (χ2v) is 6.87. The van der Waals surface area contributed by atoms with Crippen LogP contribution in [0, 0.1) is 0 Å². The molecular formula is C18H30ClNO2. The van der Waals surface area contributed by atoms with Gasteiger partial charge in [-0.15, -0.1) is 0 Å². The molecule has 0 aromatic heterocycles. The van der Waals surface area contributed by atoms with Crippen molar-refractivity contribution in [2.24, 2.45) is 5.73 Å². The zero-order chi connectivity index (χ0) is 16.9. The largest absolute Gasteiger partial charge is 0.496 e. The monoisotopic (exact) mass is 327 g/mol. The number of hydrogen-bond donors (Lipinski definition) is 2. The predicted octanol–water partition coefficient (Wildman–Crippen LogP) is 4.45. The fraction of sp³-hybridized carbons (Fsp3) is 0.667. The summed E-state index contributed by atoms with van der Waals surface area (Å²) in [4.78, 5) is 0. The van der Waals surface area contributed by atoms with E-state index in [0.717, 1.165) is 29.7 Å². The average molecular weight is 328 g/mol. The van der Waals surface area contributed by atoms with Crippen molar-refractivity contribution in [1.82, 2.24) is 0 Å². The van der Waals surface area contributed by atoms with E-state index >= 15 is 0 Å². The Morgan fingerprint density at radius 3 is 2.32 bits per heavy atom. The van der Waals surface area contributed by atoms with Crippen molar-refractivity contribution in [3.05, 3.63) is 28.3 Å². The Morgan fingerprint density at radius 1 is 1.23 bits per heavy atom. The molecule has 0 heterocycles. The molecular weight excluding hydrogens is 298 g/mol. The first-order chi connectivity index (χ1) is 10.3. The van der Waals surface area contributed by atoms with E-state index < -0.39 is 6.10 Å². The summed E-state index contributed by atoms with van der Waals surface area (Å²) in [5.41, 5.74) is 8.17. The molecule has 0 saturated carbocycles. The Hall–Kier alpha value is -0.770. The Kier molecular flexibility index (Phi) is 7.67. The van der Waals surface area contributed by atoms with E-state index in [1.54, 1.807) is 7.11 Å². The van der Waals surface area contributed by atoms with Gasteiger partial charge in [0.25, 0.3) is 0 Å². The quantitative estimate of drug-likeness (QED) is 0.741. The van der Waals surface area contributed by atoms with Gasteiger partial charge in [-0.05, 0) is 47.9 Å². The van der Waals surface area contributed by atoms with Crippen LogP contribution in [0.25, 0.3) is 0 Å². The van der Waals surface area contributed by atoms with Crippen LogP contribution in [-0.4, -0.2) is 24.4 Å². The van der Waals surface area contributed by atoms with Gasteiger partial charge in [-0.1, -0.05) is 45.7 Å². The Balaban J connectivity index is 3.04. The van der Waals surface area contributed by atoms with Gasteiger partial charge in [0.2, 0.25) is 0 Å². The normalized spacial score (nSPS) is 15.7. The maximum absolute atomic E-state index is 10.3. The minimum Gasteiger partial charge on any atom is -0.496 e. The van der Waals surface area contributed by atoms with Crippen LogP contribution >= 0.6 is 11.6 Å². The molecule has 3 N–H and O–H groups in total. The van der Waals surface area contributed by atoms with Gasteiger partial charge in [-0.25, -0.2) is 0 Å². The molecule has 1 rings (SSSR count). The van der Waals surface area contributed by atoms with Crippen molar-refractivity contribution in [2.75, 3.05) is 7.11 Å². The zero-order valence-corrected chi connectivity index (χ0v) is 15.2. The van der Waals surface area contributed by atoms with Gasteiger partial charge in [-0.2, -0.15) is 0 Å². The van der Waals surface area contributed by atoms with Crippen LogP contribution in [0.2, 0.25) is 5.02 Å². The molecule has 4 heteroatoms. The van der Waals surface area contributed by atoms with Crippen LogP contribution in [-0.2, 0) is 0 Å². The third-order valence-corrected chi connectivity index (χ3v) is 4.40. The maximum Gasteiger partial charge on any atom is 0.125 e. The van der Waals surface area contributed by atoms with Crippen LogP contribution in [0.3, 0.4) is 0 Å². The van der Waals surface area contributed by atoms with Gasteiger partial charge >= 0.3 is 0 Å². The second kappa shape index (κ2) is 8.76. The lowest BCUT2D eigenvalue weighted by Gasteiger charge is -2.25. The smallest absolute Gasteiger partial charge is 0.125 e. The molecule has 0 spiro atoms. The highest BCUT2D eigenvalue weighted by Crippen LogP contribution is 2.38. The van der Waals surface area contributed by atoms with Crippen molar-refractivity contribution >= 4 is 11.6 Å². The maximum atomic E-state index is 10.3. The number of aliphatic hydroxyl groups is 1. The number of hydrogen-bond acceptors (Lipinski definition) is 3. The first-order valence-electron chi connectivity index (χ1n) is 8.12. The molecule has 0 fully saturated rings. The lowest BCUT2D eigenvalue weighted by Crippen LogP contribution is -2.35. The van der Waals surface area contributed by atoms with Crippen LogP contribution in [0.5, 0.6) is 5.75 Å². The third kappa shape index (κ3) is 4.87. The SMILES string of the molecule is CCCC(N)C(O)CC(C)c1cc(Cl)cc(C(C)C)c1OC. The van der Waals surface area contributed by atoms with Gasteiger partial charge in [0.15, 0.2) is 0 Å². The minimum absolute atomic E-state index is 0.129. The van der Waals surface area contributed by atoms with Crippen LogP contribution < -0.4 is 10.5 Å². The van der Waals surface area contributed by atoms with Crippen molar-refractivity contribution in [3.8, 4) is 5.75 Å². The molecule has 0 radical (unpaired) electrons. The Labute approximate surface area is 139 Å². The molecule has 0 aliphatic heterocycles. The molecule has 1 aromatic carbocycles. The number of methoxy groups -OCH3 is 1. The fourth-order valence-corrected chi connectivity index (χ4v) is 3.09. The first kappa shape index (κ1) is 19.3. The number of halogens is 1. The Morgan fingerprint density at radius 2 is 1.82 bits per heavy atom.